The van der Waals surface area contributed by atoms with Crippen molar-refractivity contribution in [3.63, 3.8) is 0 Å². The van der Waals surface area contributed by atoms with E-state index in [0.717, 1.165) is 26.8 Å². The molecule has 0 unspecified atom stereocenters. The van der Waals surface area contributed by atoms with Crippen LogP contribution in [0, 0.1) is 6.92 Å². The highest BCUT2D eigenvalue weighted by molar-refractivity contribution is 9.10. The predicted molar refractivity (Wildman–Crippen MR) is 107 cm³/mol. The third-order valence-electron chi connectivity index (χ3n) is 4.31. The molecule has 5 nitrogen and oxygen atoms in total. The van der Waals surface area contributed by atoms with Gasteiger partial charge in [0.25, 0.3) is 0 Å². The number of aromatic nitrogens is 1. The summed E-state index contributed by atoms with van der Waals surface area (Å²) in [5.74, 6) is -0.341. The van der Waals surface area contributed by atoms with Gasteiger partial charge in [-0.15, -0.1) is 0 Å². The Morgan fingerprint density at radius 2 is 1.73 bits per heavy atom. The molecule has 1 heterocycles. The molecule has 0 aliphatic rings. The van der Waals surface area contributed by atoms with Gasteiger partial charge in [-0.3, -0.25) is 9.59 Å². The molecule has 0 saturated heterocycles. The molecule has 2 aromatic carbocycles. The van der Waals surface area contributed by atoms with Crippen molar-refractivity contribution in [1.82, 2.24) is 9.47 Å². The smallest absolute Gasteiger partial charge is 0.243 e. The van der Waals surface area contributed by atoms with E-state index < -0.39 is 0 Å². The number of rotatable bonds is 5. The SMILES string of the molecule is Cc1c(Br)c2ccccc2n1CC(=O)N(C)CC(=O)Nc1ccccc1. The Bertz CT molecular complexity index is 950. The Hall–Kier alpha value is -2.60. The van der Waals surface area contributed by atoms with Gasteiger partial charge in [0.2, 0.25) is 11.8 Å². The second-order valence-electron chi connectivity index (χ2n) is 6.17. The average Bonchev–Trinajstić information content (AvgIpc) is 2.87. The van der Waals surface area contributed by atoms with E-state index in [2.05, 4.69) is 21.2 Å². The van der Waals surface area contributed by atoms with Crippen molar-refractivity contribution in [3.05, 3.63) is 64.8 Å². The van der Waals surface area contributed by atoms with Crippen LogP contribution in [0.25, 0.3) is 10.9 Å². The first-order valence-electron chi connectivity index (χ1n) is 8.29. The molecule has 3 aromatic rings. The lowest BCUT2D eigenvalue weighted by Crippen LogP contribution is -2.37. The van der Waals surface area contributed by atoms with Gasteiger partial charge < -0.3 is 14.8 Å². The quantitative estimate of drug-likeness (QED) is 0.691. The molecular weight excluding hydrogens is 394 g/mol. The highest BCUT2D eigenvalue weighted by atomic mass is 79.9. The maximum absolute atomic E-state index is 12.6. The van der Waals surface area contributed by atoms with Crippen LogP contribution in [0.1, 0.15) is 5.69 Å². The van der Waals surface area contributed by atoms with Crippen LogP contribution in [0.4, 0.5) is 5.69 Å². The molecule has 0 radical (unpaired) electrons. The Kier molecular flexibility index (Phi) is 5.42. The number of fused-ring (bicyclic) bond motifs is 1. The van der Waals surface area contributed by atoms with Crippen LogP contribution in [0.5, 0.6) is 0 Å². The number of carbonyl (C=O) groups is 2. The monoisotopic (exact) mass is 413 g/mol. The summed E-state index contributed by atoms with van der Waals surface area (Å²) >= 11 is 3.60. The summed E-state index contributed by atoms with van der Waals surface area (Å²) in [6.07, 6.45) is 0. The Morgan fingerprint density at radius 1 is 1.08 bits per heavy atom. The van der Waals surface area contributed by atoms with Gasteiger partial charge in [0.15, 0.2) is 0 Å². The third kappa shape index (κ3) is 3.80. The Balaban J connectivity index is 1.68. The van der Waals surface area contributed by atoms with Crippen LogP contribution in [0.15, 0.2) is 59.1 Å². The first-order valence-corrected chi connectivity index (χ1v) is 9.09. The van der Waals surface area contributed by atoms with Gasteiger partial charge in [-0.1, -0.05) is 36.4 Å². The number of nitrogens with zero attached hydrogens (tertiary/aromatic N) is 2. The van der Waals surface area contributed by atoms with Gasteiger partial charge in [0.1, 0.15) is 6.54 Å². The van der Waals surface area contributed by atoms with Crippen molar-refractivity contribution in [2.75, 3.05) is 18.9 Å². The van der Waals surface area contributed by atoms with Gasteiger partial charge in [0, 0.05) is 33.8 Å². The van der Waals surface area contributed by atoms with Crippen molar-refractivity contribution >= 4 is 44.3 Å². The molecule has 2 amide bonds. The molecule has 0 bridgehead atoms. The summed E-state index contributed by atoms with van der Waals surface area (Å²) in [4.78, 5) is 26.2. The highest BCUT2D eigenvalue weighted by Gasteiger charge is 2.18. The fraction of sp³-hybridized carbons (Fsp3) is 0.200. The Morgan fingerprint density at radius 3 is 2.46 bits per heavy atom. The minimum Gasteiger partial charge on any atom is -0.335 e. The zero-order valence-electron chi connectivity index (χ0n) is 14.7. The van der Waals surface area contributed by atoms with Crippen LogP contribution in [-0.2, 0) is 16.1 Å². The molecule has 0 spiro atoms. The number of hydrogen-bond acceptors (Lipinski definition) is 2. The van der Waals surface area contributed by atoms with Crippen LogP contribution >= 0.6 is 15.9 Å². The van der Waals surface area contributed by atoms with Gasteiger partial charge >= 0.3 is 0 Å². The van der Waals surface area contributed by atoms with Crippen LogP contribution in [0.2, 0.25) is 0 Å². The predicted octanol–water partition coefficient (Wildman–Crippen LogP) is 3.81. The average molecular weight is 414 g/mol. The van der Waals surface area contributed by atoms with Crippen molar-refractivity contribution in [1.29, 1.82) is 0 Å². The van der Waals surface area contributed by atoms with Crippen LogP contribution < -0.4 is 5.32 Å². The summed E-state index contributed by atoms with van der Waals surface area (Å²) in [5, 5.41) is 3.86. The van der Waals surface area contributed by atoms with Gasteiger partial charge in [-0.05, 0) is 41.1 Å². The van der Waals surface area contributed by atoms with Gasteiger partial charge in [-0.2, -0.15) is 0 Å². The van der Waals surface area contributed by atoms with E-state index in [-0.39, 0.29) is 24.9 Å². The summed E-state index contributed by atoms with van der Waals surface area (Å²) < 4.78 is 2.96. The first kappa shape index (κ1) is 18.2. The lowest BCUT2D eigenvalue weighted by Gasteiger charge is -2.18. The molecule has 1 N–H and O–H groups in total. The number of anilines is 1. The summed E-state index contributed by atoms with van der Waals surface area (Å²) in [6, 6.07) is 17.1. The number of hydrogen-bond donors (Lipinski definition) is 1. The Labute approximate surface area is 160 Å². The number of para-hydroxylation sites is 2. The number of carbonyl (C=O) groups excluding carboxylic acids is 2. The molecule has 134 valence electrons. The molecule has 3 rings (SSSR count). The van der Waals surface area contributed by atoms with Crippen molar-refractivity contribution in [2.24, 2.45) is 0 Å². The van der Waals surface area contributed by atoms with E-state index in [1.165, 1.54) is 4.90 Å². The lowest BCUT2D eigenvalue weighted by molar-refractivity contribution is -0.133. The van der Waals surface area contributed by atoms with Gasteiger partial charge in [0.05, 0.1) is 6.54 Å². The number of likely N-dealkylation sites (N-methyl/N-ethyl adjacent to an activating group) is 1. The fourth-order valence-electron chi connectivity index (χ4n) is 2.87. The second kappa shape index (κ2) is 7.74. The minimum atomic E-state index is -0.220. The maximum atomic E-state index is 12.6. The third-order valence-corrected chi connectivity index (χ3v) is 5.31. The molecule has 0 saturated carbocycles. The topological polar surface area (TPSA) is 54.3 Å². The summed E-state index contributed by atoms with van der Waals surface area (Å²) in [6.45, 7) is 2.17. The van der Waals surface area contributed by atoms with Gasteiger partial charge in [-0.25, -0.2) is 0 Å². The second-order valence-corrected chi connectivity index (χ2v) is 6.96. The molecule has 6 heteroatoms. The van der Waals surface area contributed by atoms with Crippen molar-refractivity contribution in [2.45, 2.75) is 13.5 Å². The van der Waals surface area contributed by atoms with E-state index in [1.54, 1.807) is 7.05 Å². The summed E-state index contributed by atoms with van der Waals surface area (Å²) in [5.41, 5.74) is 2.70. The molecule has 0 fully saturated rings. The summed E-state index contributed by atoms with van der Waals surface area (Å²) in [7, 11) is 1.64. The normalized spacial score (nSPS) is 10.7. The largest absolute Gasteiger partial charge is 0.335 e. The minimum absolute atomic E-state index is 0.00709. The molecular formula is C20H20BrN3O2. The number of amides is 2. The zero-order valence-corrected chi connectivity index (χ0v) is 16.3. The van der Waals surface area contributed by atoms with E-state index in [0.29, 0.717) is 0 Å². The van der Waals surface area contributed by atoms with Crippen molar-refractivity contribution in [3.8, 4) is 0 Å². The molecule has 0 aliphatic heterocycles. The lowest BCUT2D eigenvalue weighted by atomic mass is 10.2. The van der Waals surface area contributed by atoms with Crippen LogP contribution in [0.3, 0.4) is 0 Å². The highest BCUT2D eigenvalue weighted by Crippen LogP contribution is 2.30. The number of benzene rings is 2. The van der Waals surface area contributed by atoms with Crippen molar-refractivity contribution < 1.29 is 9.59 Å². The van der Waals surface area contributed by atoms with E-state index in [9.17, 15) is 9.59 Å². The van der Waals surface area contributed by atoms with E-state index in [4.69, 9.17) is 0 Å². The number of halogens is 1. The molecule has 1 aromatic heterocycles. The molecule has 0 atom stereocenters. The van der Waals surface area contributed by atoms with E-state index >= 15 is 0 Å². The standard InChI is InChI=1S/C20H20BrN3O2/c1-14-20(21)16-10-6-7-11-17(16)24(14)13-19(26)23(2)12-18(25)22-15-8-4-3-5-9-15/h3-11H,12-13H2,1-2H3,(H,22,25). The fourth-order valence-corrected chi connectivity index (χ4v) is 3.42. The first-order chi connectivity index (χ1) is 12.5. The number of nitrogens with one attached hydrogen (secondary N) is 1. The maximum Gasteiger partial charge on any atom is 0.243 e. The van der Waals surface area contributed by atoms with Crippen LogP contribution in [-0.4, -0.2) is 34.9 Å². The molecule has 26 heavy (non-hydrogen) atoms. The van der Waals surface area contributed by atoms with E-state index in [1.807, 2.05) is 66.1 Å². The molecule has 0 aliphatic carbocycles. The zero-order chi connectivity index (χ0) is 18.7.